The fraction of sp³-hybridized carbons (Fsp3) is 0.389. The average molecular weight is 392 g/mol. The molecule has 1 aromatic rings. The highest BCUT2D eigenvalue weighted by Crippen LogP contribution is 2.48. The number of amides is 4. The highest BCUT2D eigenvalue weighted by atomic mass is 19.1. The summed E-state index contributed by atoms with van der Waals surface area (Å²) < 4.78 is 18.5. The number of hydrogen-bond donors (Lipinski definition) is 1. The average Bonchev–Trinajstić information content (AvgIpc) is 3.47. The van der Waals surface area contributed by atoms with Crippen molar-refractivity contribution in [1.82, 2.24) is 9.80 Å². The number of benzene rings is 1. The van der Waals surface area contributed by atoms with Crippen LogP contribution in [0.25, 0.3) is 0 Å². The third-order valence-corrected chi connectivity index (χ3v) is 5.06. The Balaban J connectivity index is 2.05. The summed E-state index contributed by atoms with van der Waals surface area (Å²) in [6.45, 7) is 0. The molecule has 1 aliphatic heterocycles. The van der Waals surface area contributed by atoms with E-state index in [-0.39, 0.29) is 18.4 Å². The van der Waals surface area contributed by atoms with Gasteiger partial charge in [0.15, 0.2) is 5.41 Å². The maximum Gasteiger partial charge on any atom is 0.333 e. The summed E-state index contributed by atoms with van der Waals surface area (Å²) in [7, 11) is 2.23. The van der Waals surface area contributed by atoms with Gasteiger partial charge in [0.2, 0.25) is 0 Å². The molecule has 0 radical (unpaired) electrons. The molecule has 4 amide bonds. The van der Waals surface area contributed by atoms with E-state index in [1.807, 2.05) is 0 Å². The smallest absolute Gasteiger partial charge is 0.333 e. The molecule has 0 bridgehead atoms. The Kier molecular flexibility index (Phi) is 4.44. The van der Waals surface area contributed by atoms with Gasteiger partial charge in [-0.05, 0) is 30.5 Å². The number of aliphatic carboxylic acids is 1. The minimum absolute atomic E-state index is 0.0147. The number of carbonyl (C=O) groups is 5. The van der Waals surface area contributed by atoms with Crippen molar-refractivity contribution in [2.45, 2.75) is 24.9 Å². The number of ether oxygens (including phenoxy) is 1. The lowest BCUT2D eigenvalue weighted by Crippen LogP contribution is -2.69. The largest absolute Gasteiger partial charge is 0.480 e. The molecule has 0 aromatic heterocycles. The Bertz CT molecular complexity index is 868. The molecule has 1 heterocycles. The third-order valence-electron chi connectivity index (χ3n) is 5.06. The molecule has 1 aromatic carbocycles. The summed E-state index contributed by atoms with van der Waals surface area (Å²) >= 11 is 0. The minimum atomic E-state index is -2.46. The van der Waals surface area contributed by atoms with Crippen LogP contribution in [0.4, 0.5) is 9.18 Å². The molecular weight excluding hydrogens is 375 g/mol. The van der Waals surface area contributed by atoms with Crippen LogP contribution in [0.15, 0.2) is 24.3 Å². The fourth-order valence-electron chi connectivity index (χ4n) is 3.08. The van der Waals surface area contributed by atoms with Crippen LogP contribution in [-0.4, -0.2) is 64.4 Å². The molecule has 0 spiro atoms. The summed E-state index contributed by atoms with van der Waals surface area (Å²) in [5.74, 6) is -5.38. The predicted octanol–water partition coefficient (Wildman–Crippen LogP) is 0.565. The van der Waals surface area contributed by atoms with E-state index in [2.05, 4.69) is 0 Å². The maximum absolute atomic E-state index is 13.2. The number of esters is 1. The molecule has 3 rings (SSSR count). The quantitative estimate of drug-likeness (QED) is 0.574. The second kappa shape index (κ2) is 6.39. The molecule has 0 unspecified atom stereocenters. The van der Waals surface area contributed by atoms with E-state index in [4.69, 9.17) is 4.74 Å². The SMILES string of the molecule is CN1C(=O)N(C)C(=O)C(Cc2ccc(F)cc2)(OC(=O)C2(C(=O)O)CC2)C1=O. The van der Waals surface area contributed by atoms with Crippen LogP contribution in [0.2, 0.25) is 0 Å². The number of urea groups is 1. The summed E-state index contributed by atoms with van der Waals surface area (Å²) in [6, 6.07) is 3.87. The second-order valence-corrected chi connectivity index (χ2v) is 6.92. The molecule has 1 aliphatic carbocycles. The molecule has 1 N–H and O–H groups in total. The van der Waals surface area contributed by atoms with Gasteiger partial charge in [0, 0.05) is 20.5 Å². The third kappa shape index (κ3) is 2.81. The number of carboxylic acids is 1. The summed E-state index contributed by atoms with van der Waals surface area (Å²) in [5, 5.41) is 9.30. The van der Waals surface area contributed by atoms with Crippen molar-refractivity contribution in [1.29, 1.82) is 0 Å². The Labute approximate surface area is 158 Å². The molecule has 9 nitrogen and oxygen atoms in total. The van der Waals surface area contributed by atoms with Crippen molar-refractivity contribution in [2.24, 2.45) is 5.41 Å². The molecule has 0 atom stereocenters. The fourth-order valence-corrected chi connectivity index (χ4v) is 3.08. The first-order valence-electron chi connectivity index (χ1n) is 8.37. The summed E-state index contributed by atoms with van der Waals surface area (Å²) in [5.41, 5.74) is -3.99. The Hall–Kier alpha value is -3.30. The topological polar surface area (TPSA) is 121 Å². The van der Waals surface area contributed by atoms with Gasteiger partial charge in [-0.15, -0.1) is 0 Å². The molecule has 148 valence electrons. The first-order chi connectivity index (χ1) is 13.0. The van der Waals surface area contributed by atoms with Crippen LogP contribution in [0.1, 0.15) is 18.4 Å². The van der Waals surface area contributed by atoms with Crippen molar-refractivity contribution >= 4 is 29.8 Å². The van der Waals surface area contributed by atoms with Gasteiger partial charge in [0.25, 0.3) is 17.4 Å². The Morgan fingerprint density at radius 1 is 1.07 bits per heavy atom. The lowest BCUT2D eigenvalue weighted by molar-refractivity contribution is -0.190. The highest BCUT2D eigenvalue weighted by Gasteiger charge is 2.65. The standard InChI is InChI=1S/C18H17FN2O7/c1-20-12(22)18(13(23)21(2)16(20)27,9-10-3-5-11(19)6-4-10)28-15(26)17(7-8-17)14(24)25/h3-6H,7-9H2,1-2H3,(H,24,25). The zero-order chi connectivity index (χ0) is 20.9. The van der Waals surface area contributed by atoms with Gasteiger partial charge in [-0.2, -0.15) is 0 Å². The zero-order valence-corrected chi connectivity index (χ0v) is 15.1. The number of nitrogens with zero attached hydrogens (tertiary/aromatic N) is 2. The van der Waals surface area contributed by atoms with Gasteiger partial charge in [-0.25, -0.2) is 9.18 Å². The molecule has 2 fully saturated rings. The van der Waals surface area contributed by atoms with Gasteiger partial charge in [0.05, 0.1) is 0 Å². The maximum atomic E-state index is 13.2. The van der Waals surface area contributed by atoms with Gasteiger partial charge in [0.1, 0.15) is 5.82 Å². The normalized spacial score (nSPS) is 20.2. The van der Waals surface area contributed by atoms with E-state index in [1.165, 1.54) is 12.1 Å². The monoisotopic (exact) mass is 392 g/mol. The van der Waals surface area contributed by atoms with Gasteiger partial charge < -0.3 is 9.84 Å². The second-order valence-electron chi connectivity index (χ2n) is 6.92. The van der Waals surface area contributed by atoms with Crippen molar-refractivity contribution in [2.75, 3.05) is 14.1 Å². The highest BCUT2D eigenvalue weighted by molar-refractivity contribution is 6.22. The number of barbiturate groups is 1. The van der Waals surface area contributed by atoms with Crippen LogP contribution >= 0.6 is 0 Å². The predicted molar refractivity (Wildman–Crippen MR) is 89.2 cm³/mol. The van der Waals surface area contributed by atoms with E-state index in [0.29, 0.717) is 9.80 Å². The van der Waals surface area contributed by atoms with Crippen LogP contribution in [0, 0.1) is 11.2 Å². The summed E-state index contributed by atoms with van der Waals surface area (Å²) in [4.78, 5) is 63.1. The van der Waals surface area contributed by atoms with Crippen molar-refractivity contribution in [3.05, 3.63) is 35.6 Å². The number of halogens is 1. The van der Waals surface area contributed by atoms with Crippen molar-refractivity contribution in [3.63, 3.8) is 0 Å². The van der Waals surface area contributed by atoms with Crippen LogP contribution in [-0.2, 0) is 30.3 Å². The molecule has 1 saturated heterocycles. The van der Waals surface area contributed by atoms with Gasteiger partial charge in [-0.1, -0.05) is 12.1 Å². The van der Waals surface area contributed by atoms with Crippen LogP contribution < -0.4 is 0 Å². The first kappa shape index (κ1) is 19.5. The van der Waals surface area contributed by atoms with Crippen LogP contribution in [0.3, 0.4) is 0 Å². The van der Waals surface area contributed by atoms with Crippen molar-refractivity contribution in [3.8, 4) is 0 Å². The molecule has 1 saturated carbocycles. The lowest BCUT2D eigenvalue weighted by atomic mass is 9.89. The Morgan fingerprint density at radius 3 is 2.00 bits per heavy atom. The van der Waals surface area contributed by atoms with E-state index in [9.17, 15) is 33.5 Å². The van der Waals surface area contributed by atoms with E-state index >= 15 is 0 Å². The Morgan fingerprint density at radius 2 is 1.57 bits per heavy atom. The molecule has 2 aliphatic rings. The van der Waals surface area contributed by atoms with E-state index in [0.717, 1.165) is 26.2 Å². The number of carbonyl (C=O) groups excluding carboxylic acids is 4. The lowest BCUT2D eigenvalue weighted by Gasteiger charge is -2.41. The van der Waals surface area contributed by atoms with Crippen LogP contribution in [0.5, 0.6) is 0 Å². The first-order valence-corrected chi connectivity index (χ1v) is 8.37. The van der Waals surface area contributed by atoms with E-state index in [1.54, 1.807) is 0 Å². The number of rotatable bonds is 5. The van der Waals surface area contributed by atoms with Crippen molar-refractivity contribution < 1.29 is 38.2 Å². The number of hydrogen-bond acceptors (Lipinski definition) is 6. The zero-order valence-electron chi connectivity index (χ0n) is 15.1. The molecular formula is C18H17FN2O7. The summed E-state index contributed by atoms with van der Waals surface area (Å²) in [6.07, 6.45) is -0.448. The number of carboxylic acid groups (broad SMARTS) is 1. The number of likely N-dealkylation sites (N-methyl/N-ethyl adjacent to an activating group) is 2. The number of imide groups is 2. The van der Waals surface area contributed by atoms with E-state index < -0.39 is 53.0 Å². The molecule has 28 heavy (non-hydrogen) atoms. The minimum Gasteiger partial charge on any atom is -0.480 e. The van der Waals surface area contributed by atoms with Gasteiger partial charge >= 0.3 is 18.0 Å². The molecule has 10 heteroatoms. The van der Waals surface area contributed by atoms with Gasteiger partial charge in [-0.3, -0.25) is 29.0 Å².